The molecule has 0 saturated heterocycles. The molecule has 1 rings (SSSR count). The molecule has 17 heavy (non-hydrogen) atoms. The van der Waals surface area contributed by atoms with Crippen molar-refractivity contribution in [3.8, 4) is 0 Å². The first-order valence-electron chi connectivity index (χ1n) is 5.55. The Labute approximate surface area is 105 Å². The summed E-state index contributed by atoms with van der Waals surface area (Å²) < 4.78 is 0. The second-order valence-electron chi connectivity index (χ2n) is 4.22. The molecule has 0 aliphatic heterocycles. The fourth-order valence-corrected chi connectivity index (χ4v) is 1.57. The maximum atomic E-state index is 10.8. The van der Waals surface area contributed by atoms with Gasteiger partial charge in [0.1, 0.15) is 5.15 Å². The molecule has 0 radical (unpaired) electrons. The first-order chi connectivity index (χ1) is 8.00. The van der Waals surface area contributed by atoms with Crippen LogP contribution in [0.4, 0.5) is 11.5 Å². The number of pyridine rings is 1. The van der Waals surface area contributed by atoms with Gasteiger partial charge in [0.15, 0.2) is 0 Å². The quantitative estimate of drug-likeness (QED) is 0.367. The van der Waals surface area contributed by atoms with Crippen LogP contribution in [0.3, 0.4) is 0 Å². The van der Waals surface area contributed by atoms with Crippen molar-refractivity contribution in [2.45, 2.75) is 26.7 Å². The Balaban J connectivity index is 2.62. The summed E-state index contributed by atoms with van der Waals surface area (Å²) in [6, 6.07) is 2.78. The number of nitro groups is 1. The molecule has 1 aromatic rings. The lowest BCUT2D eigenvalue weighted by molar-refractivity contribution is -0.384. The van der Waals surface area contributed by atoms with Gasteiger partial charge < -0.3 is 5.32 Å². The van der Waals surface area contributed by atoms with Crippen LogP contribution in [0.2, 0.25) is 5.15 Å². The molecule has 0 aromatic carbocycles. The van der Waals surface area contributed by atoms with Crippen molar-refractivity contribution in [3.63, 3.8) is 0 Å². The molecule has 1 aromatic heterocycles. The summed E-state index contributed by atoms with van der Waals surface area (Å²) >= 11 is 5.71. The fraction of sp³-hybridized carbons (Fsp3) is 0.545. The number of aromatic nitrogens is 1. The highest BCUT2D eigenvalue weighted by Crippen LogP contribution is 2.23. The van der Waals surface area contributed by atoms with Gasteiger partial charge in [-0.05, 0) is 24.8 Å². The van der Waals surface area contributed by atoms with E-state index >= 15 is 0 Å². The summed E-state index contributed by atoms with van der Waals surface area (Å²) in [5.41, 5.74) is -0.0426. The number of nitrogens with one attached hydrogen (secondary N) is 1. The van der Waals surface area contributed by atoms with Crippen molar-refractivity contribution in [3.05, 3.63) is 27.4 Å². The van der Waals surface area contributed by atoms with E-state index in [-0.39, 0.29) is 16.7 Å². The summed E-state index contributed by atoms with van der Waals surface area (Å²) in [5.74, 6) is 0.866. The summed E-state index contributed by atoms with van der Waals surface area (Å²) in [6.45, 7) is 4.94. The molecule has 94 valence electrons. The van der Waals surface area contributed by atoms with Gasteiger partial charge in [0.2, 0.25) is 5.82 Å². The van der Waals surface area contributed by atoms with Gasteiger partial charge in [-0.1, -0.05) is 25.4 Å². The SMILES string of the molecule is CC(C)CCCNc1nc(Cl)ccc1[N+](=O)[O-]. The van der Waals surface area contributed by atoms with E-state index < -0.39 is 4.92 Å². The third-order valence-corrected chi connectivity index (χ3v) is 2.50. The standard InChI is InChI=1S/C11H16ClN3O2/c1-8(2)4-3-7-13-11-9(15(16)17)5-6-10(12)14-11/h5-6,8H,3-4,7H2,1-2H3,(H,13,14). The van der Waals surface area contributed by atoms with E-state index in [0.29, 0.717) is 12.5 Å². The van der Waals surface area contributed by atoms with Crippen LogP contribution < -0.4 is 5.32 Å². The molecule has 5 nitrogen and oxygen atoms in total. The molecule has 0 amide bonds. The van der Waals surface area contributed by atoms with Gasteiger partial charge in [-0.2, -0.15) is 0 Å². The minimum Gasteiger partial charge on any atom is -0.364 e. The van der Waals surface area contributed by atoms with Crippen LogP contribution in [0.1, 0.15) is 26.7 Å². The Hall–Kier alpha value is -1.36. The molecule has 6 heteroatoms. The molecule has 0 bridgehead atoms. The second kappa shape index (κ2) is 6.39. The summed E-state index contributed by atoms with van der Waals surface area (Å²) in [6.07, 6.45) is 2.02. The van der Waals surface area contributed by atoms with Crippen molar-refractivity contribution >= 4 is 23.1 Å². The Morgan fingerprint density at radius 2 is 2.24 bits per heavy atom. The lowest BCUT2D eigenvalue weighted by atomic mass is 10.1. The van der Waals surface area contributed by atoms with Crippen molar-refractivity contribution in [1.29, 1.82) is 0 Å². The Bertz CT molecular complexity index is 396. The highest BCUT2D eigenvalue weighted by Gasteiger charge is 2.14. The van der Waals surface area contributed by atoms with Gasteiger partial charge in [-0.3, -0.25) is 10.1 Å². The van der Waals surface area contributed by atoms with Crippen LogP contribution in [0.25, 0.3) is 0 Å². The number of hydrogen-bond acceptors (Lipinski definition) is 4. The summed E-state index contributed by atoms with van der Waals surface area (Å²) in [7, 11) is 0. The van der Waals surface area contributed by atoms with Gasteiger partial charge in [0.25, 0.3) is 0 Å². The molecule has 0 aliphatic carbocycles. The first kappa shape index (κ1) is 13.7. The number of rotatable bonds is 6. The highest BCUT2D eigenvalue weighted by molar-refractivity contribution is 6.29. The van der Waals surface area contributed by atoms with E-state index in [4.69, 9.17) is 11.6 Å². The molecule has 0 saturated carbocycles. The third kappa shape index (κ3) is 4.56. The van der Waals surface area contributed by atoms with Crippen LogP contribution in [0.5, 0.6) is 0 Å². The normalized spacial score (nSPS) is 10.6. The molecular formula is C11H16ClN3O2. The number of nitrogens with zero attached hydrogens (tertiary/aromatic N) is 2. The molecular weight excluding hydrogens is 242 g/mol. The highest BCUT2D eigenvalue weighted by atomic mass is 35.5. The van der Waals surface area contributed by atoms with E-state index in [1.54, 1.807) is 0 Å². The van der Waals surface area contributed by atoms with Gasteiger partial charge >= 0.3 is 5.69 Å². The van der Waals surface area contributed by atoms with E-state index in [1.807, 2.05) is 0 Å². The van der Waals surface area contributed by atoms with E-state index in [9.17, 15) is 10.1 Å². The van der Waals surface area contributed by atoms with Gasteiger partial charge in [-0.25, -0.2) is 4.98 Å². The van der Waals surface area contributed by atoms with Gasteiger partial charge in [0.05, 0.1) is 4.92 Å². The molecule has 0 spiro atoms. The van der Waals surface area contributed by atoms with Crippen LogP contribution in [-0.2, 0) is 0 Å². The smallest absolute Gasteiger partial charge is 0.311 e. The minimum absolute atomic E-state index is 0.0426. The fourth-order valence-electron chi connectivity index (χ4n) is 1.42. The zero-order chi connectivity index (χ0) is 12.8. The number of anilines is 1. The minimum atomic E-state index is -0.464. The second-order valence-corrected chi connectivity index (χ2v) is 4.61. The molecule has 1 N–H and O–H groups in total. The van der Waals surface area contributed by atoms with Crippen LogP contribution in [0, 0.1) is 16.0 Å². The Kier molecular flexibility index (Phi) is 5.15. The van der Waals surface area contributed by atoms with E-state index in [2.05, 4.69) is 24.1 Å². The summed E-state index contributed by atoms with van der Waals surface area (Å²) in [4.78, 5) is 14.2. The van der Waals surface area contributed by atoms with E-state index in [1.165, 1.54) is 12.1 Å². The molecule has 1 heterocycles. The average molecular weight is 258 g/mol. The average Bonchev–Trinajstić information content (AvgIpc) is 2.23. The lowest BCUT2D eigenvalue weighted by Crippen LogP contribution is -2.07. The van der Waals surface area contributed by atoms with Crippen LogP contribution in [-0.4, -0.2) is 16.5 Å². The molecule has 0 aliphatic rings. The number of hydrogen-bond donors (Lipinski definition) is 1. The topological polar surface area (TPSA) is 68.1 Å². The maximum absolute atomic E-state index is 10.8. The van der Waals surface area contributed by atoms with Crippen molar-refractivity contribution in [2.75, 3.05) is 11.9 Å². The molecule has 0 unspecified atom stereocenters. The molecule has 0 atom stereocenters. The van der Waals surface area contributed by atoms with Gasteiger partial charge in [-0.15, -0.1) is 0 Å². The van der Waals surface area contributed by atoms with Crippen molar-refractivity contribution in [1.82, 2.24) is 4.98 Å². The number of halogens is 1. The predicted octanol–water partition coefficient (Wildman–Crippen LogP) is 3.49. The Morgan fingerprint density at radius 1 is 1.53 bits per heavy atom. The van der Waals surface area contributed by atoms with Crippen LogP contribution in [0.15, 0.2) is 12.1 Å². The molecule has 0 fully saturated rings. The van der Waals surface area contributed by atoms with E-state index in [0.717, 1.165) is 12.8 Å². The zero-order valence-corrected chi connectivity index (χ0v) is 10.7. The summed E-state index contributed by atoms with van der Waals surface area (Å²) in [5, 5.41) is 14.0. The Morgan fingerprint density at radius 3 is 2.82 bits per heavy atom. The largest absolute Gasteiger partial charge is 0.364 e. The zero-order valence-electron chi connectivity index (χ0n) is 9.94. The van der Waals surface area contributed by atoms with Crippen molar-refractivity contribution < 1.29 is 4.92 Å². The van der Waals surface area contributed by atoms with Crippen LogP contribution >= 0.6 is 11.6 Å². The predicted molar refractivity (Wildman–Crippen MR) is 68.5 cm³/mol. The van der Waals surface area contributed by atoms with Crippen molar-refractivity contribution in [2.24, 2.45) is 5.92 Å². The monoisotopic (exact) mass is 257 g/mol. The maximum Gasteiger partial charge on any atom is 0.311 e. The van der Waals surface area contributed by atoms with Gasteiger partial charge in [0, 0.05) is 12.6 Å². The lowest BCUT2D eigenvalue weighted by Gasteiger charge is -2.07. The first-order valence-corrected chi connectivity index (χ1v) is 5.93. The third-order valence-electron chi connectivity index (χ3n) is 2.29.